The lowest BCUT2D eigenvalue weighted by Gasteiger charge is -2.19. The fourth-order valence-electron chi connectivity index (χ4n) is 3.60. The molecule has 1 aromatic heterocycles. The number of aryl methyl sites for hydroxylation is 1. The van der Waals surface area contributed by atoms with E-state index in [1.807, 2.05) is 54.6 Å². The number of benzene rings is 2. The number of amides is 1. The van der Waals surface area contributed by atoms with Crippen LogP contribution in [0.2, 0.25) is 0 Å². The van der Waals surface area contributed by atoms with Gasteiger partial charge in [-0.3, -0.25) is 9.36 Å². The summed E-state index contributed by atoms with van der Waals surface area (Å²) in [5.74, 6) is -0.790. The molecule has 0 fully saturated rings. The molecule has 174 valence electrons. The van der Waals surface area contributed by atoms with E-state index in [4.69, 9.17) is 9.47 Å². The lowest BCUT2D eigenvalue weighted by Crippen LogP contribution is -2.43. The molecular formula is C26H30N2O5. The van der Waals surface area contributed by atoms with Gasteiger partial charge in [0.1, 0.15) is 11.6 Å². The van der Waals surface area contributed by atoms with Crippen molar-refractivity contribution in [3.8, 4) is 0 Å². The Labute approximate surface area is 193 Å². The Hall–Kier alpha value is -3.61. The van der Waals surface area contributed by atoms with Gasteiger partial charge in [-0.05, 0) is 44.4 Å². The number of hydrogen-bond donors (Lipinski definition) is 1. The SMILES string of the molecule is COC(=O)[C@H](Cc1cn(C(=O)OC(C)(C)C)c2ccccc12)NC(=O)CCc1ccccc1. The van der Waals surface area contributed by atoms with E-state index < -0.39 is 23.7 Å². The molecule has 0 aliphatic rings. The maximum atomic E-state index is 12.7. The normalized spacial score (nSPS) is 12.2. The van der Waals surface area contributed by atoms with E-state index in [0.717, 1.165) is 16.5 Å². The van der Waals surface area contributed by atoms with Crippen LogP contribution in [0.4, 0.5) is 4.79 Å². The highest BCUT2D eigenvalue weighted by Gasteiger charge is 2.26. The van der Waals surface area contributed by atoms with Crippen molar-refractivity contribution in [2.75, 3.05) is 7.11 Å². The predicted molar refractivity (Wildman–Crippen MR) is 126 cm³/mol. The number of hydrogen-bond acceptors (Lipinski definition) is 5. The van der Waals surface area contributed by atoms with Crippen LogP contribution < -0.4 is 5.32 Å². The number of esters is 1. The maximum absolute atomic E-state index is 12.7. The van der Waals surface area contributed by atoms with Gasteiger partial charge in [-0.15, -0.1) is 0 Å². The van der Waals surface area contributed by atoms with Crippen LogP contribution in [0.3, 0.4) is 0 Å². The maximum Gasteiger partial charge on any atom is 0.419 e. The molecule has 0 radical (unpaired) electrons. The number of fused-ring (bicyclic) bond motifs is 1. The van der Waals surface area contributed by atoms with Crippen LogP contribution in [0.25, 0.3) is 10.9 Å². The number of carbonyl (C=O) groups excluding carboxylic acids is 3. The Bertz CT molecular complexity index is 1130. The van der Waals surface area contributed by atoms with Gasteiger partial charge in [0.15, 0.2) is 0 Å². The second-order valence-electron chi connectivity index (χ2n) is 8.85. The highest BCUT2D eigenvalue weighted by molar-refractivity contribution is 5.93. The zero-order valence-corrected chi connectivity index (χ0v) is 19.5. The van der Waals surface area contributed by atoms with E-state index in [2.05, 4.69) is 5.32 Å². The summed E-state index contributed by atoms with van der Waals surface area (Å²) < 4.78 is 11.9. The molecule has 2 aromatic carbocycles. The molecular weight excluding hydrogens is 420 g/mol. The van der Waals surface area contributed by atoms with E-state index in [1.165, 1.54) is 11.7 Å². The van der Waals surface area contributed by atoms with Gasteiger partial charge in [-0.25, -0.2) is 9.59 Å². The van der Waals surface area contributed by atoms with Gasteiger partial charge in [0.25, 0.3) is 0 Å². The minimum atomic E-state index is -0.879. The first-order valence-electron chi connectivity index (χ1n) is 10.9. The van der Waals surface area contributed by atoms with Crippen LogP contribution in [0.5, 0.6) is 0 Å². The summed E-state index contributed by atoms with van der Waals surface area (Å²) in [7, 11) is 1.29. The van der Waals surface area contributed by atoms with Crippen molar-refractivity contribution in [3.05, 3.63) is 71.9 Å². The van der Waals surface area contributed by atoms with Gasteiger partial charge in [-0.2, -0.15) is 0 Å². The van der Waals surface area contributed by atoms with E-state index >= 15 is 0 Å². The average Bonchev–Trinajstić information content (AvgIpc) is 3.15. The molecule has 3 rings (SSSR count). The first-order chi connectivity index (χ1) is 15.7. The van der Waals surface area contributed by atoms with Crippen LogP contribution in [-0.4, -0.2) is 41.3 Å². The van der Waals surface area contributed by atoms with Crippen molar-refractivity contribution in [1.29, 1.82) is 0 Å². The van der Waals surface area contributed by atoms with Crippen molar-refractivity contribution >= 4 is 28.9 Å². The fourth-order valence-corrected chi connectivity index (χ4v) is 3.60. The van der Waals surface area contributed by atoms with Gasteiger partial charge >= 0.3 is 12.1 Å². The lowest BCUT2D eigenvalue weighted by atomic mass is 10.0. The zero-order valence-electron chi connectivity index (χ0n) is 19.5. The summed E-state index contributed by atoms with van der Waals surface area (Å²) in [5, 5.41) is 3.59. The highest BCUT2D eigenvalue weighted by Crippen LogP contribution is 2.24. The third-order valence-electron chi connectivity index (χ3n) is 5.11. The van der Waals surface area contributed by atoms with Gasteiger partial charge in [-0.1, -0.05) is 48.5 Å². The molecule has 1 N–H and O–H groups in total. The van der Waals surface area contributed by atoms with Crippen LogP contribution in [0, 0.1) is 0 Å². The number of carbonyl (C=O) groups is 3. The van der Waals surface area contributed by atoms with Crippen molar-refractivity contribution in [2.45, 2.75) is 51.7 Å². The summed E-state index contributed by atoms with van der Waals surface area (Å²) in [6.07, 6.45) is 2.15. The molecule has 1 atom stereocenters. The van der Waals surface area contributed by atoms with Crippen LogP contribution >= 0.6 is 0 Å². The number of nitrogens with one attached hydrogen (secondary N) is 1. The minimum Gasteiger partial charge on any atom is -0.467 e. The Kier molecular flexibility index (Phi) is 7.53. The molecule has 3 aromatic rings. The lowest BCUT2D eigenvalue weighted by molar-refractivity contribution is -0.145. The number of para-hydroxylation sites is 1. The first-order valence-corrected chi connectivity index (χ1v) is 10.9. The molecule has 0 bridgehead atoms. The molecule has 7 heteroatoms. The highest BCUT2D eigenvalue weighted by atomic mass is 16.6. The summed E-state index contributed by atoms with van der Waals surface area (Å²) in [6, 6.07) is 16.2. The standard InChI is InChI=1S/C26H30N2O5/c1-26(2,3)33-25(31)28-17-19(20-12-8-9-13-22(20)28)16-21(24(30)32-4)27-23(29)15-14-18-10-6-5-7-11-18/h5-13,17,21H,14-16H2,1-4H3,(H,27,29)/t21-/m0/s1. The molecule has 0 saturated carbocycles. The molecule has 0 unspecified atom stereocenters. The van der Waals surface area contributed by atoms with Crippen molar-refractivity contribution < 1.29 is 23.9 Å². The third kappa shape index (κ3) is 6.44. The number of rotatable bonds is 7. The van der Waals surface area contributed by atoms with Crippen LogP contribution in [-0.2, 0) is 31.9 Å². The number of aromatic nitrogens is 1. The van der Waals surface area contributed by atoms with Gasteiger partial charge in [0, 0.05) is 24.4 Å². The summed E-state index contributed by atoms with van der Waals surface area (Å²) in [4.78, 5) is 37.8. The van der Waals surface area contributed by atoms with E-state index in [9.17, 15) is 14.4 Å². The van der Waals surface area contributed by atoms with Crippen LogP contribution in [0.1, 0.15) is 38.3 Å². The molecule has 0 spiro atoms. The van der Waals surface area contributed by atoms with Gasteiger partial charge in [0.2, 0.25) is 5.91 Å². The summed E-state index contributed by atoms with van der Waals surface area (Å²) >= 11 is 0. The van der Waals surface area contributed by atoms with E-state index in [-0.39, 0.29) is 18.7 Å². The number of methoxy groups -OCH3 is 1. The molecule has 7 nitrogen and oxygen atoms in total. The summed E-state index contributed by atoms with van der Waals surface area (Å²) in [6.45, 7) is 5.40. The number of ether oxygens (including phenoxy) is 2. The monoisotopic (exact) mass is 450 g/mol. The average molecular weight is 451 g/mol. The molecule has 1 amide bonds. The smallest absolute Gasteiger partial charge is 0.419 e. The Morgan fingerprint density at radius 3 is 2.33 bits per heavy atom. The van der Waals surface area contributed by atoms with Crippen molar-refractivity contribution in [2.24, 2.45) is 0 Å². The Morgan fingerprint density at radius 1 is 1.00 bits per heavy atom. The second-order valence-corrected chi connectivity index (χ2v) is 8.85. The van der Waals surface area contributed by atoms with E-state index in [1.54, 1.807) is 27.0 Å². The van der Waals surface area contributed by atoms with Gasteiger partial charge < -0.3 is 14.8 Å². The fraction of sp³-hybridized carbons (Fsp3) is 0.346. The van der Waals surface area contributed by atoms with Gasteiger partial charge in [0.05, 0.1) is 12.6 Å². The molecule has 1 heterocycles. The zero-order chi connectivity index (χ0) is 24.0. The topological polar surface area (TPSA) is 86.6 Å². The Morgan fingerprint density at radius 2 is 1.67 bits per heavy atom. The quantitative estimate of drug-likeness (QED) is 0.544. The first kappa shape index (κ1) is 24.0. The summed E-state index contributed by atoms with van der Waals surface area (Å²) in [5.41, 5.74) is 1.79. The predicted octanol–water partition coefficient (Wildman–Crippen LogP) is 4.26. The van der Waals surface area contributed by atoms with Crippen LogP contribution in [0.15, 0.2) is 60.8 Å². The Balaban J connectivity index is 1.80. The molecule has 0 aliphatic heterocycles. The molecule has 0 saturated heterocycles. The van der Waals surface area contributed by atoms with Crippen molar-refractivity contribution in [3.63, 3.8) is 0 Å². The van der Waals surface area contributed by atoms with Crippen molar-refractivity contribution in [1.82, 2.24) is 9.88 Å². The minimum absolute atomic E-state index is 0.181. The number of nitrogens with zero attached hydrogens (tertiary/aromatic N) is 1. The molecule has 33 heavy (non-hydrogen) atoms. The second kappa shape index (κ2) is 10.3. The molecule has 0 aliphatic carbocycles. The van der Waals surface area contributed by atoms with E-state index in [0.29, 0.717) is 11.9 Å². The largest absolute Gasteiger partial charge is 0.467 e. The third-order valence-corrected chi connectivity index (χ3v) is 5.11.